The minimum absolute atomic E-state index is 0.00358. The van der Waals surface area contributed by atoms with Gasteiger partial charge in [0.25, 0.3) is 0 Å². The van der Waals surface area contributed by atoms with Crippen LogP contribution in [0, 0.1) is 11.6 Å². The second-order valence-electron chi connectivity index (χ2n) is 8.32. The van der Waals surface area contributed by atoms with Crippen LogP contribution in [0.3, 0.4) is 0 Å². The van der Waals surface area contributed by atoms with Gasteiger partial charge in [0.15, 0.2) is 20.8 Å². The van der Waals surface area contributed by atoms with Gasteiger partial charge in [-0.2, -0.15) is 0 Å². The fourth-order valence-electron chi connectivity index (χ4n) is 3.96. The second-order valence-corrected chi connectivity index (χ2v) is 11.4. The molecule has 3 aromatic rings. The van der Waals surface area contributed by atoms with Crippen molar-refractivity contribution in [2.75, 3.05) is 50.0 Å². The molecule has 1 fully saturated rings. The number of nitrogens with zero attached hydrogens (tertiary/aromatic N) is 3. The number of morpholine rings is 1. The molecule has 0 atom stereocenters. The minimum atomic E-state index is -3.50. The quantitative estimate of drug-likeness (QED) is 0.401. The van der Waals surface area contributed by atoms with E-state index in [4.69, 9.17) is 4.74 Å². The zero-order valence-electron chi connectivity index (χ0n) is 19.2. The Morgan fingerprint density at radius 3 is 2.60 bits per heavy atom. The van der Waals surface area contributed by atoms with Gasteiger partial charge in [0.05, 0.1) is 28.6 Å². The zero-order valence-corrected chi connectivity index (χ0v) is 20.8. The molecule has 0 aliphatic carbocycles. The van der Waals surface area contributed by atoms with Gasteiger partial charge in [-0.3, -0.25) is 14.6 Å². The van der Waals surface area contributed by atoms with Crippen LogP contribution >= 0.6 is 11.3 Å². The molecule has 0 spiro atoms. The van der Waals surface area contributed by atoms with Gasteiger partial charge in [-0.1, -0.05) is 29.5 Å². The maximum atomic E-state index is 14.2. The first-order valence-electron chi connectivity index (χ1n) is 11.5. The minimum Gasteiger partial charge on any atom is -0.379 e. The summed E-state index contributed by atoms with van der Waals surface area (Å²) in [5, 5.41) is 0.280. The highest BCUT2D eigenvalue weighted by atomic mass is 32.2. The van der Waals surface area contributed by atoms with Gasteiger partial charge in [0.2, 0.25) is 5.91 Å². The van der Waals surface area contributed by atoms with Crippen LogP contribution in [0.2, 0.25) is 0 Å². The van der Waals surface area contributed by atoms with Crippen molar-refractivity contribution >= 4 is 42.4 Å². The first kappa shape index (κ1) is 25.6. The molecule has 2 aromatic carbocycles. The van der Waals surface area contributed by atoms with E-state index >= 15 is 0 Å². The van der Waals surface area contributed by atoms with Crippen molar-refractivity contribution in [3.8, 4) is 0 Å². The van der Waals surface area contributed by atoms with Gasteiger partial charge >= 0.3 is 0 Å². The van der Waals surface area contributed by atoms with E-state index in [0.29, 0.717) is 30.9 Å². The van der Waals surface area contributed by atoms with Crippen LogP contribution in [0.5, 0.6) is 0 Å². The summed E-state index contributed by atoms with van der Waals surface area (Å²) in [7, 11) is -3.50. The van der Waals surface area contributed by atoms with E-state index in [0.717, 1.165) is 37.0 Å². The number of benzene rings is 2. The summed E-state index contributed by atoms with van der Waals surface area (Å²) in [6.45, 7) is 4.06. The van der Waals surface area contributed by atoms with E-state index in [2.05, 4.69) is 9.88 Å². The van der Waals surface area contributed by atoms with E-state index in [1.165, 1.54) is 23.1 Å². The number of hydrogen-bond acceptors (Lipinski definition) is 7. The molecule has 188 valence electrons. The number of aromatic nitrogens is 1. The molecule has 0 unspecified atom stereocenters. The van der Waals surface area contributed by atoms with Crippen LogP contribution in [0.15, 0.2) is 47.4 Å². The van der Waals surface area contributed by atoms with Crippen molar-refractivity contribution in [3.63, 3.8) is 0 Å². The zero-order chi connectivity index (χ0) is 24.8. The topological polar surface area (TPSA) is 79.8 Å². The van der Waals surface area contributed by atoms with Gasteiger partial charge in [-0.25, -0.2) is 22.2 Å². The molecule has 1 amide bonds. The standard InChI is InChI=1S/C24H27F2N3O4S2/c25-18-16-20(26)23-21(17-18)34-24(27-23)29(10-5-9-28-11-13-33-14-12-28)22(30)8-4-15-35(31,32)19-6-2-1-3-7-19/h1-3,6-7,16-17H,4-5,8-15H2. The van der Waals surface area contributed by atoms with E-state index in [9.17, 15) is 22.0 Å². The van der Waals surface area contributed by atoms with Gasteiger partial charge in [-0.05, 0) is 31.0 Å². The van der Waals surface area contributed by atoms with Crippen molar-refractivity contribution < 1.29 is 26.7 Å². The predicted molar refractivity (Wildman–Crippen MR) is 131 cm³/mol. The first-order valence-corrected chi connectivity index (χ1v) is 13.9. The molecule has 0 bridgehead atoms. The fraction of sp³-hybridized carbons (Fsp3) is 0.417. The SMILES string of the molecule is O=C(CCCS(=O)(=O)c1ccccc1)N(CCCN1CCOCC1)c1nc2c(F)cc(F)cc2s1. The molecule has 2 heterocycles. The molecule has 0 saturated carbocycles. The largest absolute Gasteiger partial charge is 0.379 e. The Morgan fingerprint density at radius 2 is 1.86 bits per heavy atom. The van der Waals surface area contributed by atoms with Gasteiger partial charge in [-0.15, -0.1) is 0 Å². The van der Waals surface area contributed by atoms with Gasteiger partial charge in [0.1, 0.15) is 11.3 Å². The van der Waals surface area contributed by atoms with E-state index in [-0.39, 0.29) is 40.0 Å². The molecule has 7 nitrogen and oxygen atoms in total. The summed E-state index contributed by atoms with van der Waals surface area (Å²) in [4.78, 5) is 21.4. The summed E-state index contributed by atoms with van der Waals surface area (Å²) in [5.74, 6) is -1.95. The number of hydrogen-bond donors (Lipinski definition) is 0. The summed E-state index contributed by atoms with van der Waals surface area (Å²) < 4.78 is 58.7. The summed E-state index contributed by atoms with van der Waals surface area (Å²) in [6.07, 6.45) is 0.793. The van der Waals surface area contributed by atoms with Crippen LogP contribution in [-0.2, 0) is 19.4 Å². The third kappa shape index (κ3) is 6.60. The van der Waals surface area contributed by atoms with Gasteiger partial charge in [0, 0.05) is 38.7 Å². The lowest BCUT2D eigenvalue weighted by Gasteiger charge is -2.27. The van der Waals surface area contributed by atoms with Crippen molar-refractivity contribution in [1.29, 1.82) is 0 Å². The number of thiazole rings is 1. The molecule has 1 aromatic heterocycles. The Bertz CT molecular complexity index is 1260. The number of rotatable bonds is 10. The lowest BCUT2D eigenvalue weighted by Crippen LogP contribution is -2.39. The maximum Gasteiger partial charge on any atom is 0.228 e. The van der Waals surface area contributed by atoms with Gasteiger partial charge < -0.3 is 4.74 Å². The lowest BCUT2D eigenvalue weighted by atomic mass is 10.2. The molecule has 1 aliphatic rings. The smallest absolute Gasteiger partial charge is 0.228 e. The highest BCUT2D eigenvalue weighted by molar-refractivity contribution is 7.91. The first-order chi connectivity index (χ1) is 16.8. The number of ether oxygens (including phenoxy) is 1. The molecule has 35 heavy (non-hydrogen) atoms. The molecule has 11 heteroatoms. The Balaban J connectivity index is 1.46. The third-order valence-corrected chi connectivity index (χ3v) is 8.64. The van der Waals surface area contributed by atoms with Crippen LogP contribution in [0.4, 0.5) is 13.9 Å². The average Bonchev–Trinajstić information content (AvgIpc) is 3.27. The van der Waals surface area contributed by atoms with E-state index < -0.39 is 21.5 Å². The number of halogens is 2. The van der Waals surface area contributed by atoms with Crippen molar-refractivity contribution in [2.24, 2.45) is 0 Å². The van der Waals surface area contributed by atoms with Crippen LogP contribution in [0.25, 0.3) is 10.2 Å². The summed E-state index contributed by atoms with van der Waals surface area (Å²) in [6, 6.07) is 10.1. The monoisotopic (exact) mass is 523 g/mol. The molecule has 4 rings (SSSR count). The highest BCUT2D eigenvalue weighted by Crippen LogP contribution is 2.32. The molecule has 1 saturated heterocycles. The molecule has 0 radical (unpaired) electrons. The van der Waals surface area contributed by atoms with Crippen molar-refractivity contribution in [1.82, 2.24) is 9.88 Å². The van der Waals surface area contributed by atoms with E-state index in [1.54, 1.807) is 18.2 Å². The third-order valence-electron chi connectivity index (χ3n) is 5.80. The number of fused-ring (bicyclic) bond motifs is 1. The maximum absolute atomic E-state index is 14.2. The number of amides is 1. The number of anilines is 1. The second kappa shape index (κ2) is 11.5. The van der Waals surface area contributed by atoms with E-state index in [1.807, 2.05) is 0 Å². The lowest BCUT2D eigenvalue weighted by molar-refractivity contribution is -0.118. The fourth-order valence-corrected chi connectivity index (χ4v) is 6.34. The molecular weight excluding hydrogens is 496 g/mol. The molecule has 1 aliphatic heterocycles. The molecule has 0 N–H and O–H groups in total. The average molecular weight is 524 g/mol. The van der Waals surface area contributed by atoms with Crippen molar-refractivity contribution in [2.45, 2.75) is 24.2 Å². The summed E-state index contributed by atoms with van der Waals surface area (Å²) in [5.41, 5.74) is 0.0176. The summed E-state index contributed by atoms with van der Waals surface area (Å²) >= 11 is 1.05. The Hall–Kier alpha value is -2.47. The highest BCUT2D eigenvalue weighted by Gasteiger charge is 2.23. The van der Waals surface area contributed by atoms with Crippen LogP contribution in [-0.4, -0.2) is 69.4 Å². The number of carbonyl (C=O) groups is 1. The predicted octanol–water partition coefficient (Wildman–Crippen LogP) is 3.88. The van der Waals surface area contributed by atoms with Crippen LogP contribution in [0.1, 0.15) is 19.3 Å². The van der Waals surface area contributed by atoms with Crippen LogP contribution < -0.4 is 4.90 Å². The Labute approximate surface area is 207 Å². The van der Waals surface area contributed by atoms with Crippen molar-refractivity contribution in [3.05, 3.63) is 54.1 Å². The number of sulfone groups is 1. The Morgan fingerprint density at radius 1 is 1.11 bits per heavy atom. The molecular formula is C24H27F2N3O4S2. The normalized spacial score (nSPS) is 14.9. The number of carbonyl (C=O) groups excluding carboxylic acids is 1. The Kier molecular flexibility index (Phi) is 8.42.